The molecule has 0 heterocycles. The van der Waals surface area contributed by atoms with Crippen LogP contribution in [0, 0.1) is 0 Å². The van der Waals surface area contributed by atoms with Crippen molar-refractivity contribution in [1.29, 1.82) is 0 Å². The van der Waals surface area contributed by atoms with Gasteiger partial charge in [-0.05, 0) is 0 Å². The van der Waals surface area contributed by atoms with Crippen LogP contribution in [0.5, 0.6) is 0 Å². The van der Waals surface area contributed by atoms with Gasteiger partial charge < -0.3 is 10.2 Å². The van der Waals surface area contributed by atoms with Gasteiger partial charge in [-0.2, -0.15) is 0 Å². The van der Waals surface area contributed by atoms with Crippen molar-refractivity contribution in [3.05, 3.63) is 0 Å². The summed E-state index contributed by atoms with van der Waals surface area (Å²) < 4.78 is 0. The molecule has 0 aliphatic rings. The van der Waals surface area contributed by atoms with E-state index in [9.17, 15) is 0 Å². The van der Waals surface area contributed by atoms with E-state index in [2.05, 4.69) is 0 Å². The van der Waals surface area contributed by atoms with Gasteiger partial charge in [-0.25, -0.2) is 9.59 Å². The van der Waals surface area contributed by atoms with Crippen molar-refractivity contribution in [3.63, 3.8) is 0 Å². The van der Waals surface area contributed by atoms with Crippen LogP contribution in [0.3, 0.4) is 0 Å². The number of hydrogen-bond donors (Lipinski definition) is 2. The fourth-order valence-electron chi connectivity index (χ4n) is 0. The summed E-state index contributed by atoms with van der Waals surface area (Å²) >= 11 is 0. The predicted octanol–water partition coefficient (Wildman–Crippen LogP) is -1.46. The molecule has 0 amide bonds. The van der Waals surface area contributed by atoms with Crippen molar-refractivity contribution in [2.75, 3.05) is 0 Å². The van der Waals surface area contributed by atoms with E-state index in [1.807, 2.05) is 0 Å². The number of carbonyl (C=O) groups excluding carboxylic acids is 2. The molecule has 0 fully saturated rings. The molecular formula is C4H4O6Zn. The first-order chi connectivity index (χ1) is 4.54. The van der Waals surface area contributed by atoms with E-state index < -0.39 is 11.9 Å². The summed E-state index contributed by atoms with van der Waals surface area (Å²) in [5, 5.41) is 14.7. The van der Waals surface area contributed by atoms with Crippen molar-refractivity contribution in [2.45, 2.75) is 0 Å². The second-order valence-corrected chi connectivity index (χ2v) is 0.912. The topological polar surface area (TPSA) is 109 Å². The Labute approximate surface area is 74.0 Å². The molecule has 0 aromatic rings. The number of aliphatic carboxylic acids is 2. The van der Waals surface area contributed by atoms with Crippen LogP contribution in [0.25, 0.3) is 0 Å². The zero-order chi connectivity index (χ0) is 8.57. The Morgan fingerprint density at radius 2 is 1.00 bits per heavy atom. The van der Waals surface area contributed by atoms with Crippen molar-refractivity contribution < 1.29 is 48.9 Å². The normalized spacial score (nSPS) is 5.82. The maximum Gasteiger partial charge on any atom is 0.368 e. The Morgan fingerprint density at radius 3 is 1.00 bits per heavy atom. The predicted molar refractivity (Wildman–Crippen MR) is 27.4 cm³/mol. The Balaban J connectivity index is -0.000000107. The summed E-state index contributed by atoms with van der Waals surface area (Å²) in [7, 11) is 0. The minimum atomic E-state index is -1.43. The number of carboxylic acids is 2. The van der Waals surface area contributed by atoms with Gasteiger partial charge in [0.05, 0.1) is 0 Å². The molecular weight excluding hydrogens is 209 g/mol. The van der Waals surface area contributed by atoms with Crippen LogP contribution in [0.1, 0.15) is 0 Å². The third kappa shape index (κ3) is 50.3. The van der Waals surface area contributed by atoms with Gasteiger partial charge in [-0.15, -0.1) is 0 Å². The smallest absolute Gasteiger partial charge is 0.368 e. The summed E-state index contributed by atoms with van der Waals surface area (Å²) in [6.45, 7) is 0. The minimum absolute atomic E-state index is 0. The first-order valence-electron chi connectivity index (χ1n) is 1.90. The largest absolute Gasteiger partial charge is 0.476 e. The van der Waals surface area contributed by atoms with Crippen molar-refractivity contribution in [2.24, 2.45) is 0 Å². The average molecular weight is 213 g/mol. The second kappa shape index (κ2) is 11.7. The maximum absolute atomic E-state index is 9.00. The number of carboxylic acid groups (broad SMARTS) is 2. The third-order valence-corrected chi connectivity index (χ3v) is 0.202. The van der Waals surface area contributed by atoms with Crippen molar-refractivity contribution >= 4 is 24.5 Å². The fraction of sp³-hybridized carbons (Fsp3) is 0. The molecule has 0 saturated carbocycles. The summed E-state index contributed by atoms with van der Waals surface area (Å²) in [5.74, 6) is -2.85. The van der Waals surface area contributed by atoms with Crippen LogP contribution in [0.15, 0.2) is 0 Å². The van der Waals surface area contributed by atoms with Crippen molar-refractivity contribution in [3.8, 4) is 0 Å². The van der Waals surface area contributed by atoms with Gasteiger partial charge in [0.25, 0.3) is 0 Å². The Hall–Kier alpha value is -1.10. The molecule has 0 aliphatic carbocycles. The molecule has 0 unspecified atom stereocenters. The Kier molecular flexibility index (Phi) is 17.5. The third-order valence-electron chi connectivity index (χ3n) is 0.202. The molecule has 0 atom stereocenters. The first kappa shape index (κ1) is 16.5. The summed E-state index contributed by atoms with van der Waals surface area (Å²) in [4.78, 5) is 35.8. The molecule has 0 aromatic heterocycles. The number of hydrogen-bond acceptors (Lipinski definition) is 4. The van der Waals surface area contributed by atoms with Crippen molar-refractivity contribution in [1.82, 2.24) is 0 Å². The first-order valence-corrected chi connectivity index (χ1v) is 1.90. The monoisotopic (exact) mass is 212 g/mol. The SMILES string of the molecule is O=CC(=O)O.O=CC(=O)O.[Zn]. The van der Waals surface area contributed by atoms with E-state index >= 15 is 0 Å². The molecule has 0 rings (SSSR count). The Morgan fingerprint density at radius 1 is 0.909 bits per heavy atom. The molecule has 0 aliphatic heterocycles. The van der Waals surface area contributed by atoms with E-state index in [1.54, 1.807) is 0 Å². The second-order valence-electron chi connectivity index (χ2n) is 0.912. The molecule has 0 spiro atoms. The quantitative estimate of drug-likeness (QED) is 0.330. The van der Waals surface area contributed by atoms with E-state index in [-0.39, 0.29) is 32.1 Å². The standard InChI is InChI=1S/2C2H2O3.Zn/c2*3-1-2(4)5;/h2*1H,(H,4,5);. The van der Waals surface area contributed by atoms with E-state index in [0.717, 1.165) is 0 Å². The molecule has 0 saturated heterocycles. The van der Waals surface area contributed by atoms with E-state index in [1.165, 1.54) is 0 Å². The number of aldehydes is 2. The van der Waals surface area contributed by atoms with Gasteiger partial charge in [-0.3, -0.25) is 9.59 Å². The zero-order valence-electron chi connectivity index (χ0n) is 5.39. The van der Waals surface area contributed by atoms with Crippen LogP contribution < -0.4 is 0 Å². The molecule has 0 aromatic carbocycles. The molecule has 58 valence electrons. The fourth-order valence-corrected chi connectivity index (χ4v) is 0. The average Bonchev–Trinajstić information content (AvgIpc) is 1.89. The number of carbonyl (C=O) groups is 4. The minimum Gasteiger partial charge on any atom is -0.476 e. The van der Waals surface area contributed by atoms with E-state index in [0.29, 0.717) is 0 Å². The van der Waals surface area contributed by atoms with Crippen LogP contribution in [0.2, 0.25) is 0 Å². The van der Waals surface area contributed by atoms with Crippen LogP contribution in [0.4, 0.5) is 0 Å². The summed E-state index contributed by atoms with van der Waals surface area (Å²) in [6, 6.07) is 0. The number of rotatable bonds is 2. The zero-order valence-corrected chi connectivity index (χ0v) is 8.36. The Bertz CT molecular complexity index is 135. The van der Waals surface area contributed by atoms with Gasteiger partial charge in [0.2, 0.25) is 12.6 Å². The molecule has 11 heavy (non-hydrogen) atoms. The van der Waals surface area contributed by atoms with Gasteiger partial charge in [-0.1, -0.05) is 0 Å². The summed E-state index contributed by atoms with van der Waals surface area (Å²) in [6.07, 6.45) is -0.333. The molecule has 0 bridgehead atoms. The van der Waals surface area contributed by atoms with Crippen LogP contribution in [-0.2, 0) is 38.7 Å². The van der Waals surface area contributed by atoms with Crippen LogP contribution >= 0.6 is 0 Å². The summed E-state index contributed by atoms with van der Waals surface area (Å²) in [5.41, 5.74) is 0. The van der Waals surface area contributed by atoms with Gasteiger partial charge in [0, 0.05) is 19.5 Å². The molecule has 7 heteroatoms. The maximum atomic E-state index is 9.00. The molecule has 2 N–H and O–H groups in total. The van der Waals surface area contributed by atoms with Gasteiger partial charge in [0.1, 0.15) is 0 Å². The molecule has 0 radical (unpaired) electrons. The van der Waals surface area contributed by atoms with Gasteiger partial charge >= 0.3 is 11.9 Å². The van der Waals surface area contributed by atoms with Gasteiger partial charge in [0.15, 0.2) is 0 Å². The van der Waals surface area contributed by atoms with E-state index in [4.69, 9.17) is 29.4 Å². The molecule has 6 nitrogen and oxygen atoms in total. The van der Waals surface area contributed by atoms with Crippen LogP contribution in [-0.4, -0.2) is 34.7 Å².